The van der Waals surface area contributed by atoms with E-state index in [4.69, 9.17) is 5.11 Å². The fourth-order valence-corrected chi connectivity index (χ4v) is 2.55. The highest BCUT2D eigenvalue weighted by molar-refractivity contribution is 5.89. The number of carboxylic acid groups (broad SMARTS) is 1. The first kappa shape index (κ1) is 16.0. The van der Waals surface area contributed by atoms with Crippen LogP contribution in [0.25, 0.3) is 0 Å². The molecule has 22 heavy (non-hydrogen) atoms. The predicted molar refractivity (Wildman–Crippen MR) is 80.2 cm³/mol. The first-order valence-corrected chi connectivity index (χ1v) is 7.28. The van der Waals surface area contributed by atoms with E-state index in [1.807, 2.05) is 13.8 Å². The normalized spacial score (nSPS) is 17.9. The number of rotatable bonds is 5. The van der Waals surface area contributed by atoms with Gasteiger partial charge >= 0.3 is 5.97 Å². The Bertz CT molecular complexity index is 598. The van der Waals surface area contributed by atoms with E-state index in [0.29, 0.717) is 6.54 Å². The Morgan fingerprint density at radius 3 is 2.73 bits per heavy atom. The van der Waals surface area contributed by atoms with Crippen LogP contribution in [0.5, 0.6) is 0 Å². The topological polar surface area (TPSA) is 86.7 Å². The minimum Gasteiger partial charge on any atom is -0.478 e. The van der Waals surface area contributed by atoms with Crippen LogP contribution in [-0.2, 0) is 16.1 Å². The maximum atomic E-state index is 12.1. The molecule has 6 heteroatoms. The van der Waals surface area contributed by atoms with Crippen molar-refractivity contribution in [2.45, 2.75) is 32.9 Å². The van der Waals surface area contributed by atoms with Crippen molar-refractivity contribution < 1.29 is 19.5 Å². The van der Waals surface area contributed by atoms with Crippen LogP contribution in [0.3, 0.4) is 0 Å². The van der Waals surface area contributed by atoms with Crippen LogP contribution in [0.15, 0.2) is 24.3 Å². The molecule has 0 aromatic heterocycles. The van der Waals surface area contributed by atoms with E-state index in [1.165, 1.54) is 12.1 Å². The van der Waals surface area contributed by atoms with E-state index in [9.17, 15) is 14.4 Å². The molecule has 0 bridgehead atoms. The van der Waals surface area contributed by atoms with Gasteiger partial charge in [0.25, 0.3) is 0 Å². The van der Waals surface area contributed by atoms with Gasteiger partial charge in [-0.25, -0.2) is 4.79 Å². The molecule has 1 aliphatic heterocycles. The second-order valence-corrected chi connectivity index (χ2v) is 5.76. The number of nitrogens with zero attached hydrogens (tertiary/aromatic N) is 1. The number of hydrogen-bond donors (Lipinski definition) is 2. The van der Waals surface area contributed by atoms with Gasteiger partial charge in [0, 0.05) is 25.6 Å². The molecule has 1 aliphatic rings. The van der Waals surface area contributed by atoms with E-state index < -0.39 is 5.97 Å². The van der Waals surface area contributed by atoms with Gasteiger partial charge in [-0.05, 0) is 31.5 Å². The molecule has 1 aromatic rings. The maximum Gasteiger partial charge on any atom is 0.335 e. The molecule has 0 aliphatic carbocycles. The van der Waals surface area contributed by atoms with Crippen LogP contribution in [-0.4, -0.2) is 40.4 Å². The average molecular weight is 304 g/mol. The number of likely N-dealkylation sites (tertiary alicyclic amines) is 1. The lowest BCUT2D eigenvalue weighted by atomic mass is 10.1. The summed E-state index contributed by atoms with van der Waals surface area (Å²) in [4.78, 5) is 36.6. The van der Waals surface area contributed by atoms with Gasteiger partial charge in [0.1, 0.15) is 0 Å². The third-order valence-corrected chi connectivity index (χ3v) is 3.79. The molecule has 2 rings (SSSR count). The Hall–Kier alpha value is -2.37. The summed E-state index contributed by atoms with van der Waals surface area (Å²) in [5.41, 5.74) is 0.909. The Morgan fingerprint density at radius 2 is 2.14 bits per heavy atom. The minimum atomic E-state index is -0.998. The summed E-state index contributed by atoms with van der Waals surface area (Å²) in [6, 6.07) is 6.53. The summed E-state index contributed by atoms with van der Waals surface area (Å²) in [6.45, 7) is 4.55. The molecule has 1 aromatic carbocycles. The molecular weight excluding hydrogens is 284 g/mol. The second-order valence-electron chi connectivity index (χ2n) is 5.76. The number of nitrogens with one attached hydrogen (secondary N) is 1. The van der Waals surface area contributed by atoms with Crippen LogP contribution in [0.1, 0.15) is 36.2 Å². The highest BCUT2D eigenvalue weighted by Gasteiger charge is 2.35. The van der Waals surface area contributed by atoms with Crippen molar-refractivity contribution in [3.8, 4) is 0 Å². The largest absolute Gasteiger partial charge is 0.478 e. The van der Waals surface area contributed by atoms with E-state index in [2.05, 4.69) is 5.32 Å². The summed E-state index contributed by atoms with van der Waals surface area (Å²) >= 11 is 0. The molecule has 6 nitrogen and oxygen atoms in total. The van der Waals surface area contributed by atoms with Crippen molar-refractivity contribution >= 4 is 17.8 Å². The molecule has 2 amide bonds. The van der Waals surface area contributed by atoms with Gasteiger partial charge < -0.3 is 15.3 Å². The van der Waals surface area contributed by atoms with Crippen molar-refractivity contribution in [3.05, 3.63) is 35.4 Å². The number of carbonyl (C=O) groups excluding carboxylic acids is 2. The lowest BCUT2D eigenvalue weighted by Gasteiger charge is -2.20. The first-order chi connectivity index (χ1) is 10.4. The lowest BCUT2D eigenvalue weighted by molar-refractivity contribution is -0.130. The SMILES string of the molecule is CC(C)N1C[C@H](C(=O)NCc2cccc(C(=O)O)c2)CC1=O. The smallest absolute Gasteiger partial charge is 0.335 e. The van der Waals surface area contributed by atoms with Gasteiger partial charge in [-0.3, -0.25) is 9.59 Å². The third-order valence-electron chi connectivity index (χ3n) is 3.79. The predicted octanol–water partition coefficient (Wildman–Crippen LogP) is 1.26. The van der Waals surface area contributed by atoms with Crippen LogP contribution >= 0.6 is 0 Å². The Morgan fingerprint density at radius 1 is 1.41 bits per heavy atom. The monoisotopic (exact) mass is 304 g/mol. The number of benzene rings is 1. The highest BCUT2D eigenvalue weighted by atomic mass is 16.4. The van der Waals surface area contributed by atoms with Crippen molar-refractivity contribution in [2.75, 3.05) is 6.54 Å². The van der Waals surface area contributed by atoms with Crippen LogP contribution in [0, 0.1) is 5.92 Å². The molecule has 0 spiro atoms. The van der Waals surface area contributed by atoms with Gasteiger partial charge in [0.05, 0.1) is 11.5 Å². The van der Waals surface area contributed by atoms with E-state index in [1.54, 1.807) is 17.0 Å². The summed E-state index contributed by atoms with van der Waals surface area (Å²) in [7, 11) is 0. The fraction of sp³-hybridized carbons (Fsp3) is 0.438. The quantitative estimate of drug-likeness (QED) is 0.857. The van der Waals surface area contributed by atoms with E-state index >= 15 is 0 Å². The zero-order valence-electron chi connectivity index (χ0n) is 12.7. The first-order valence-electron chi connectivity index (χ1n) is 7.28. The summed E-state index contributed by atoms with van der Waals surface area (Å²) in [6.07, 6.45) is 0.235. The van der Waals surface area contributed by atoms with Gasteiger partial charge in [0.15, 0.2) is 0 Å². The zero-order chi connectivity index (χ0) is 16.3. The molecule has 1 atom stereocenters. The van der Waals surface area contributed by atoms with Crippen LogP contribution in [0.4, 0.5) is 0 Å². The summed E-state index contributed by atoms with van der Waals surface area (Å²) in [5, 5.41) is 11.7. The molecule has 1 fully saturated rings. The van der Waals surface area contributed by atoms with Crippen molar-refractivity contribution in [1.82, 2.24) is 10.2 Å². The second kappa shape index (κ2) is 6.60. The Balaban J connectivity index is 1.92. The highest BCUT2D eigenvalue weighted by Crippen LogP contribution is 2.20. The van der Waals surface area contributed by atoms with Crippen LogP contribution in [0.2, 0.25) is 0 Å². The van der Waals surface area contributed by atoms with Crippen molar-refractivity contribution in [2.24, 2.45) is 5.92 Å². The average Bonchev–Trinajstić information content (AvgIpc) is 2.87. The van der Waals surface area contributed by atoms with Crippen LogP contribution < -0.4 is 5.32 Å². The van der Waals surface area contributed by atoms with Crippen molar-refractivity contribution in [1.29, 1.82) is 0 Å². The number of carbonyl (C=O) groups is 3. The lowest BCUT2D eigenvalue weighted by Crippen LogP contribution is -2.35. The van der Waals surface area contributed by atoms with Gasteiger partial charge in [-0.15, -0.1) is 0 Å². The minimum absolute atomic E-state index is 0.00280. The molecule has 118 valence electrons. The summed E-state index contributed by atoms with van der Waals surface area (Å²) in [5.74, 6) is -1.50. The number of amides is 2. The molecule has 1 heterocycles. The van der Waals surface area contributed by atoms with Crippen molar-refractivity contribution in [3.63, 3.8) is 0 Å². The number of carboxylic acids is 1. The molecule has 0 radical (unpaired) electrons. The van der Waals surface area contributed by atoms with Gasteiger partial charge in [-0.1, -0.05) is 12.1 Å². The number of aromatic carboxylic acids is 1. The van der Waals surface area contributed by atoms with E-state index in [-0.39, 0.29) is 42.3 Å². The number of hydrogen-bond acceptors (Lipinski definition) is 3. The molecule has 2 N–H and O–H groups in total. The standard InChI is InChI=1S/C16H20N2O4/c1-10(2)18-9-13(7-14(18)19)15(20)17-8-11-4-3-5-12(6-11)16(21)22/h3-6,10,13H,7-9H2,1-2H3,(H,17,20)(H,21,22)/t13-/m1/s1. The molecule has 0 saturated carbocycles. The van der Waals surface area contributed by atoms with Gasteiger partial charge in [-0.2, -0.15) is 0 Å². The maximum absolute atomic E-state index is 12.1. The molecule has 1 saturated heterocycles. The Kier molecular flexibility index (Phi) is 4.80. The van der Waals surface area contributed by atoms with E-state index in [0.717, 1.165) is 5.56 Å². The zero-order valence-corrected chi connectivity index (χ0v) is 12.7. The molecular formula is C16H20N2O4. The van der Waals surface area contributed by atoms with Gasteiger partial charge in [0.2, 0.25) is 11.8 Å². The summed E-state index contributed by atoms with van der Waals surface area (Å²) < 4.78 is 0. The Labute approximate surface area is 129 Å². The third kappa shape index (κ3) is 3.63. The molecule has 0 unspecified atom stereocenters. The fourth-order valence-electron chi connectivity index (χ4n) is 2.55.